The van der Waals surface area contributed by atoms with Crippen molar-refractivity contribution in [2.45, 2.75) is 46.0 Å². The van der Waals surface area contributed by atoms with E-state index in [2.05, 4.69) is 10.2 Å². The number of hydrogen-bond acceptors (Lipinski definition) is 2. The van der Waals surface area contributed by atoms with Gasteiger partial charge in [-0.3, -0.25) is 0 Å². The van der Waals surface area contributed by atoms with E-state index in [1.54, 1.807) is 0 Å². The Hall–Kier alpha value is -1.08. The lowest BCUT2D eigenvalue weighted by molar-refractivity contribution is -0.122. The van der Waals surface area contributed by atoms with Crippen LogP contribution in [0.1, 0.15) is 33.6 Å². The Morgan fingerprint density at radius 3 is 1.67 bits per heavy atom. The van der Waals surface area contributed by atoms with Gasteiger partial charge in [-0.05, 0) is 12.8 Å². The molecule has 0 bridgehead atoms. The molecule has 0 rings (SSSR count). The second-order valence-corrected chi connectivity index (χ2v) is 4.17. The molecule has 0 unspecified atom stereocenters. The summed E-state index contributed by atoms with van der Waals surface area (Å²) >= 11 is 0. The molecule has 0 heterocycles. The van der Waals surface area contributed by atoms with E-state index in [-0.39, 0.29) is 11.4 Å². The van der Waals surface area contributed by atoms with Crippen LogP contribution in [0.15, 0.2) is 10.2 Å². The van der Waals surface area contributed by atoms with Crippen molar-refractivity contribution in [3.63, 3.8) is 0 Å². The molecule has 2 nitrogen and oxygen atoms in total. The second-order valence-electron chi connectivity index (χ2n) is 4.17. The fraction of sp³-hybridized carbons (Fsp3) is 0.800. The third-order valence-electron chi connectivity index (χ3n) is 1.85. The number of halogens is 6. The van der Waals surface area contributed by atoms with Crippen molar-refractivity contribution in [2.75, 3.05) is 0 Å². The maximum Gasteiger partial charge on any atom is 0.394 e. The predicted molar refractivity (Wildman–Crippen MR) is 56.7 cm³/mol. The van der Waals surface area contributed by atoms with Crippen LogP contribution in [0.3, 0.4) is 0 Å². The molecule has 0 aliphatic rings. The largest absolute Gasteiger partial charge is 0.394 e. The Bertz CT molecular complexity index is 324. The first-order valence-electron chi connectivity index (χ1n) is 5.14. The van der Waals surface area contributed by atoms with Crippen molar-refractivity contribution in [2.24, 2.45) is 16.1 Å². The maximum atomic E-state index is 12.2. The van der Waals surface area contributed by atoms with E-state index in [0.717, 1.165) is 6.92 Å². The Morgan fingerprint density at radius 1 is 0.889 bits per heavy atom. The van der Waals surface area contributed by atoms with Gasteiger partial charge in [0, 0.05) is 5.71 Å². The van der Waals surface area contributed by atoms with Crippen LogP contribution in [0, 0.1) is 5.92 Å². The standard InChI is InChI=1S/C10H14F6N2/c1-6(2)8(5-10(14,15)16)18-17-7(3)4-9(11,12)13/h6H,4-5H2,1-3H3/b17-7+,18-8+. The zero-order valence-corrected chi connectivity index (χ0v) is 10.2. The number of nitrogens with zero attached hydrogens (tertiary/aromatic N) is 2. The maximum absolute atomic E-state index is 12.2. The monoisotopic (exact) mass is 276 g/mol. The van der Waals surface area contributed by atoms with E-state index in [1.807, 2.05) is 0 Å². The summed E-state index contributed by atoms with van der Waals surface area (Å²) < 4.78 is 72.3. The minimum absolute atomic E-state index is 0.288. The Balaban J connectivity index is 4.83. The minimum atomic E-state index is -4.45. The Kier molecular flexibility index (Phi) is 5.82. The summed E-state index contributed by atoms with van der Waals surface area (Å²) in [7, 11) is 0. The smallest absolute Gasteiger partial charge is 0.171 e. The molecule has 0 radical (unpaired) electrons. The van der Waals surface area contributed by atoms with Crippen LogP contribution in [0.2, 0.25) is 0 Å². The molecule has 0 aliphatic carbocycles. The molecule has 0 amide bonds. The zero-order valence-electron chi connectivity index (χ0n) is 10.2. The molecule has 0 N–H and O–H groups in total. The zero-order chi connectivity index (χ0) is 14.6. The van der Waals surface area contributed by atoms with Crippen molar-refractivity contribution < 1.29 is 26.3 Å². The molecular formula is C10H14F6N2. The van der Waals surface area contributed by atoms with Gasteiger partial charge >= 0.3 is 12.4 Å². The first kappa shape index (κ1) is 16.9. The van der Waals surface area contributed by atoms with Crippen LogP contribution in [0.4, 0.5) is 26.3 Å². The van der Waals surface area contributed by atoms with E-state index in [1.165, 1.54) is 13.8 Å². The van der Waals surface area contributed by atoms with E-state index in [9.17, 15) is 26.3 Å². The van der Waals surface area contributed by atoms with Crippen molar-refractivity contribution in [3.8, 4) is 0 Å². The highest BCUT2D eigenvalue weighted by Crippen LogP contribution is 2.23. The van der Waals surface area contributed by atoms with Crippen molar-refractivity contribution in [3.05, 3.63) is 0 Å². The molecule has 0 fully saturated rings. The van der Waals surface area contributed by atoms with Crippen LogP contribution in [-0.2, 0) is 0 Å². The van der Waals surface area contributed by atoms with Gasteiger partial charge in [0.2, 0.25) is 0 Å². The number of hydrogen-bond donors (Lipinski definition) is 0. The quantitative estimate of drug-likeness (QED) is 0.414. The van der Waals surface area contributed by atoms with Crippen LogP contribution >= 0.6 is 0 Å². The highest BCUT2D eigenvalue weighted by atomic mass is 19.4. The van der Waals surface area contributed by atoms with E-state index in [4.69, 9.17) is 0 Å². The SMILES string of the molecule is C/C(CC(F)(F)F)=N\N=C(/CC(F)(F)F)C(C)C. The predicted octanol–water partition coefficient (Wildman–Crippen LogP) is 4.36. The summed E-state index contributed by atoms with van der Waals surface area (Å²) in [6.07, 6.45) is -11.4. The molecular weight excluding hydrogens is 262 g/mol. The lowest BCUT2D eigenvalue weighted by Gasteiger charge is -2.11. The molecule has 0 saturated carbocycles. The molecule has 106 valence electrons. The highest BCUT2D eigenvalue weighted by Gasteiger charge is 2.31. The van der Waals surface area contributed by atoms with E-state index < -0.39 is 31.1 Å². The summed E-state index contributed by atoms with van der Waals surface area (Å²) in [6.45, 7) is 4.01. The normalized spacial score (nSPS) is 15.4. The van der Waals surface area contributed by atoms with Gasteiger partial charge in [-0.15, -0.1) is 0 Å². The van der Waals surface area contributed by atoms with Gasteiger partial charge < -0.3 is 0 Å². The molecule has 18 heavy (non-hydrogen) atoms. The van der Waals surface area contributed by atoms with Crippen molar-refractivity contribution in [1.82, 2.24) is 0 Å². The average Bonchev–Trinajstić information content (AvgIpc) is 2.06. The lowest BCUT2D eigenvalue weighted by atomic mass is 10.1. The molecule has 0 aromatic rings. The van der Waals surface area contributed by atoms with Crippen LogP contribution in [0.5, 0.6) is 0 Å². The van der Waals surface area contributed by atoms with Crippen LogP contribution in [-0.4, -0.2) is 23.8 Å². The molecule has 0 atom stereocenters. The summed E-state index contributed by atoms with van der Waals surface area (Å²) in [6, 6.07) is 0. The fourth-order valence-electron chi connectivity index (χ4n) is 1.04. The third kappa shape index (κ3) is 9.00. The summed E-state index contributed by atoms with van der Waals surface area (Å²) in [4.78, 5) is 0. The van der Waals surface area contributed by atoms with Crippen molar-refractivity contribution >= 4 is 11.4 Å². The molecule has 0 aromatic carbocycles. The first-order chi connectivity index (χ1) is 7.91. The molecule has 0 aromatic heterocycles. The van der Waals surface area contributed by atoms with Gasteiger partial charge in [0.05, 0.1) is 18.6 Å². The van der Waals surface area contributed by atoms with Crippen LogP contribution in [0.25, 0.3) is 0 Å². The molecule has 0 aliphatic heterocycles. The number of alkyl halides is 6. The van der Waals surface area contributed by atoms with Crippen molar-refractivity contribution in [1.29, 1.82) is 0 Å². The fourth-order valence-corrected chi connectivity index (χ4v) is 1.04. The summed E-state index contributed by atoms with van der Waals surface area (Å²) in [5, 5.41) is 6.48. The third-order valence-corrected chi connectivity index (χ3v) is 1.85. The van der Waals surface area contributed by atoms with Gasteiger partial charge in [-0.2, -0.15) is 36.5 Å². The number of rotatable bonds is 4. The van der Waals surface area contributed by atoms with Gasteiger partial charge in [-0.25, -0.2) is 0 Å². The topological polar surface area (TPSA) is 24.7 Å². The van der Waals surface area contributed by atoms with E-state index >= 15 is 0 Å². The van der Waals surface area contributed by atoms with Gasteiger partial charge in [0.25, 0.3) is 0 Å². The first-order valence-corrected chi connectivity index (χ1v) is 5.14. The van der Waals surface area contributed by atoms with Crippen LogP contribution < -0.4 is 0 Å². The molecule has 0 saturated heterocycles. The van der Waals surface area contributed by atoms with Gasteiger partial charge in [-0.1, -0.05) is 13.8 Å². The lowest BCUT2D eigenvalue weighted by Crippen LogP contribution is -2.19. The highest BCUT2D eigenvalue weighted by molar-refractivity contribution is 5.88. The van der Waals surface area contributed by atoms with Gasteiger partial charge in [0.1, 0.15) is 0 Å². The minimum Gasteiger partial charge on any atom is -0.171 e. The molecule has 0 spiro atoms. The summed E-state index contributed by atoms with van der Waals surface area (Å²) in [5.41, 5.74) is -0.660. The van der Waals surface area contributed by atoms with E-state index in [0.29, 0.717) is 0 Å². The summed E-state index contributed by atoms with van der Waals surface area (Å²) in [5.74, 6) is -0.533. The Labute approximate surface area is 101 Å². The second kappa shape index (κ2) is 6.19. The molecule has 8 heteroatoms. The Morgan fingerprint density at radius 2 is 1.33 bits per heavy atom. The average molecular weight is 276 g/mol. The van der Waals surface area contributed by atoms with Gasteiger partial charge in [0.15, 0.2) is 0 Å².